The van der Waals surface area contributed by atoms with Crippen LogP contribution in [0.1, 0.15) is 58.8 Å². The van der Waals surface area contributed by atoms with E-state index in [4.69, 9.17) is 0 Å². The Morgan fingerprint density at radius 2 is 1.50 bits per heavy atom. The molecule has 0 radical (unpaired) electrons. The minimum Gasteiger partial charge on any atom is -0.342 e. The largest absolute Gasteiger partial charge is 0.342 e. The maximum absolute atomic E-state index is 13.6. The molecule has 1 aliphatic carbocycles. The lowest BCUT2D eigenvalue weighted by Crippen LogP contribution is -2.49. The van der Waals surface area contributed by atoms with E-state index in [1.165, 1.54) is 12.8 Å². The van der Waals surface area contributed by atoms with E-state index in [1.54, 1.807) is 0 Å². The topological polar surface area (TPSA) is 60.9 Å². The fourth-order valence-corrected chi connectivity index (χ4v) is 5.92. The zero-order valence-electron chi connectivity index (χ0n) is 17.5. The molecule has 3 aliphatic heterocycles. The minimum absolute atomic E-state index is 0.0575. The third kappa shape index (κ3) is 3.43. The predicted molar refractivity (Wildman–Crippen MR) is 106 cm³/mol. The van der Waals surface area contributed by atoms with Gasteiger partial charge in [-0.05, 0) is 31.6 Å². The molecule has 4 aliphatic rings. The van der Waals surface area contributed by atoms with Crippen LogP contribution in [-0.2, 0) is 14.4 Å². The predicted octanol–water partition coefficient (Wildman–Crippen LogP) is 2.13. The molecule has 0 unspecified atom stereocenters. The fraction of sp³-hybridized carbons (Fsp3) is 0.864. The van der Waals surface area contributed by atoms with Crippen LogP contribution in [0.4, 0.5) is 0 Å². The molecule has 3 saturated heterocycles. The minimum atomic E-state index is -0.583. The van der Waals surface area contributed by atoms with Crippen LogP contribution in [0.3, 0.4) is 0 Å². The standard InChI is InChI=1S/C22H35N3O3/c1-16(2)20(27)25-13-18-12-24(19(26)11-17-7-3-4-8-17)14-22(18,15-25)21(28)23-9-5-6-10-23/h16-18H,3-15H2,1-2H3/t18-,22-/m1/s1. The van der Waals surface area contributed by atoms with E-state index in [0.29, 0.717) is 38.5 Å². The maximum atomic E-state index is 13.6. The van der Waals surface area contributed by atoms with Crippen molar-refractivity contribution in [2.24, 2.45) is 23.2 Å². The number of carbonyl (C=O) groups excluding carboxylic acids is 3. The molecule has 4 rings (SSSR count). The van der Waals surface area contributed by atoms with Crippen molar-refractivity contribution in [3.8, 4) is 0 Å². The lowest BCUT2D eigenvalue weighted by atomic mass is 9.79. The van der Waals surface area contributed by atoms with Crippen LogP contribution in [0.2, 0.25) is 0 Å². The van der Waals surface area contributed by atoms with Crippen molar-refractivity contribution in [3.63, 3.8) is 0 Å². The second-order valence-corrected chi connectivity index (χ2v) is 9.85. The van der Waals surface area contributed by atoms with Crippen LogP contribution in [-0.4, -0.2) is 71.7 Å². The van der Waals surface area contributed by atoms with Crippen molar-refractivity contribution < 1.29 is 14.4 Å². The van der Waals surface area contributed by atoms with Gasteiger partial charge in [0.25, 0.3) is 0 Å². The average molecular weight is 390 g/mol. The number of nitrogens with zero attached hydrogens (tertiary/aromatic N) is 3. The first-order valence-corrected chi connectivity index (χ1v) is 11.3. The van der Waals surface area contributed by atoms with Gasteiger partial charge in [-0.2, -0.15) is 0 Å². The van der Waals surface area contributed by atoms with Gasteiger partial charge >= 0.3 is 0 Å². The molecule has 156 valence electrons. The average Bonchev–Trinajstić information content (AvgIpc) is 3.42. The normalized spacial score (nSPS) is 30.5. The summed E-state index contributed by atoms with van der Waals surface area (Å²) in [5, 5.41) is 0. The maximum Gasteiger partial charge on any atom is 0.232 e. The Bertz CT molecular complexity index is 637. The van der Waals surface area contributed by atoms with Gasteiger partial charge in [0.15, 0.2) is 0 Å². The highest BCUT2D eigenvalue weighted by molar-refractivity contribution is 5.88. The second kappa shape index (κ2) is 7.68. The molecule has 3 heterocycles. The quantitative estimate of drug-likeness (QED) is 0.740. The molecule has 2 atom stereocenters. The van der Waals surface area contributed by atoms with E-state index < -0.39 is 5.41 Å². The number of carbonyl (C=O) groups is 3. The van der Waals surface area contributed by atoms with Gasteiger partial charge in [-0.1, -0.05) is 26.7 Å². The van der Waals surface area contributed by atoms with Crippen molar-refractivity contribution in [2.75, 3.05) is 39.3 Å². The number of hydrogen-bond acceptors (Lipinski definition) is 3. The third-order valence-corrected chi connectivity index (χ3v) is 7.52. The summed E-state index contributed by atoms with van der Waals surface area (Å²) in [6.45, 7) is 7.71. The Morgan fingerprint density at radius 3 is 2.14 bits per heavy atom. The van der Waals surface area contributed by atoms with Gasteiger partial charge < -0.3 is 14.7 Å². The molecule has 0 N–H and O–H groups in total. The number of fused-ring (bicyclic) bond motifs is 1. The third-order valence-electron chi connectivity index (χ3n) is 7.52. The van der Waals surface area contributed by atoms with E-state index in [-0.39, 0.29) is 29.6 Å². The van der Waals surface area contributed by atoms with Gasteiger partial charge in [0.05, 0.1) is 5.41 Å². The van der Waals surface area contributed by atoms with Crippen LogP contribution < -0.4 is 0 Å². The molecule has 28 heavy (non-hydrogen) atoms. The molecule has 0 aromatic rings. The molecular weight excluding hydrogens is 354 g/mol. The summed E-state index contributed by atoms with van der Waals surface area (Å²) in [7, 11) is 0. The zero-order valence-corrected chi connectivity index (χ0v) is 17.5. The van der Waals surface area contributed by atoms with Crippen molar-refractivity contribution in [1.29, 1.82) is 0 Å². The summed E-state index contributed by atoms with van der Waals surface area (Å²) in [6, 6.07) is 0. The molecule has 1 saturated carbocycles. The summed E-state index contributed by atoms with van der Waals surface area (Å²) >= 11 is 0. The van der Waals surface area contributed by atoms with E-state index >= 15 is 0 Å². The molecule has 4 fully saturated rings. The molecule has 0 aromatic heterocycles. The molecule has 0 bridgehead atoms. The van der Waals surface area contributed by atoms with Crippen LogP contribution >= 0.6 is 0 Å². The second-order valence-electron chi connectivity index (χ2n) is 9.85. The van der Waals surface area contributed by atoms with Crippen LogP contribution in [0.15, 0.2) is 0 Å². The Morgan fingerprint density at radius 1 is 0.893 bits per heavy atom. The SMILES string of the molecule is CC(C)C(=O)N1C[C@H]2CN(C(=O)CC3CCCC3)C[C@@]2(C(=O)N2CCCC2)C1. The fourth-order valence-electron chi connectivity index (χ4n) is 5.92. The van der Waals surface area contributed by atoms with Crippen molar-refractivity contribution in [3.05, 3.63) is 0 Å². The van der Waals surface area contributed by atoms with Crippen LogP contribution in [0.5, 0.6) is 0 Å². The summed E-state index contributed by atoms with van der Waals surface area (Å²) in [5.41, 5.74) is -0.583. The first-order chi connectivity index (χ1) is 13.4. The number of hydrogen-bond donors (Lipinski definition) is 0. The number of likely N-dealkylation sites (tertiary alicyclic amines) is 3. The summed E-state index contributed by atoms with van der Waals surface area (Å²) < 4.78 is 0. The van der Waals surface area contributed by atoms with Gasteiger partial charge in [-0.3, -0.25) is 14.4 Å². The van der Waals surface area contributed by atoms with E-state index in [0.717, 1.165) is 38.8 Å². The molecule has 0 aromatic carbocycles. The Hall–Kier alpha value is -1.59. The number of amides is 3. The summed E-state index contributed by atoms with van der Waals surface area (Å²) in [5.74, 6) is 1.08. The summed E-state index contributed by atoms with van der Waals surface area (Å²) in [6.07, 6.45) is 7.57. The van der Waals surface area contributed by atoms with E-state index in [2.05, 4.69) is 0 Å². The van der Waals surface area contributed by atoms with Crippen molar-refractivity contribution >= 4 is 17.7 Å². The Kier molecular flexibility index (Phi) is 5.41. The lowest BCUT2D eigenvalue weighted by Gasteiger charge is -2.32. The molecule has 6 nitrogen and oxygen atoms in total. The molecule has 6 heteroatoms. The van der Waals surface area contributed by atoms with Gasteiger partial charge in [-0.15, -0.1) is 0 Å². The highest BCUT2D eigenvalue weighted by Crippen LogP contribution is 2.45. The molecule has 3 amide bonds. The highest BCUT2D eigenvalue weighted by atomic mass is 16.2. The van der Waals surface area contributed by atoms with Gasteiger partial charge in [0.2, 0.25) is 17.7 Å². The van der Waals surface area contributed by atoms with E-state index in [9.17, 15) is 14.4 Å². The smallest absolute Gasteiger partial charge is 0.232 e. The highest BCUT2D eigenvalue weighted by Gasteiger charge is 2.60. The monoisotopic (exact) mass is 389 g/mol. The van der Waals surface area contributed by atoms with Gasteiger partial charge in [0.1, 0.15) is 0 Å². The number of rotatable bonds is 4. The molecular formula is C22H35N3O3. The lowest BCUT2D eigenvalue weighted by molar-refractivity contribution is -0.142. The van der Waals surface area contributed by atoms with Crippen molar-refractivity contribution in [2.45, 2.75) is 58.8 Å². The van der Waals surface area contributed by atoms with Crippen molar-refractivity contribution in [1.82, 2.24) is 14.7 Å². The zero-order chi connectivity index (χ0) is 19.9. The van der Waals surface area contributed by atoms with Crippen LogP contribution in [0.25, 0.3) is 0 Å². The first kappa shape index (κ1) is 19.7. The summed E-state index contributed by atoms with van der Waals surface area (Å²) in [4.78, 5) is 45.0. The van der Waals surface area contributed by atoms with E-state index in [1.807, 2.05) is 28.5 Å². The Balaban J connectivity index is 1.51. The molecule has 0 spiro atoms. The Labute approximate surface area is 168 Å². The van der Waals surface area contributed by atoms with Gasteiger partial charge in [0, 0.05) is 57.5 Å². The first-order valence-electron chi connectivity index (χ1n) is 11.3. The van der Waals surface area contributed by atoms with Gasteiger partial charge in [-0.25, -0.2) is 0 Å². The van der Waals surface area contributed by atoms with Crippen LogP contribution in [0, 0.1) is 23.2 Å².